The predicted molar refractivity (Wildman–Crippen MR) is 62.0 cm³/mol. The molecule has 0 saturated carbocycles. The first-order valence-corrected chi connectivity index (χ1v) is 5.81. The standard InChI is InChI=1S/C9H6BrN3OS/c10-8-6(2-1-3-11-8)13-9(14)7-4-15-5-12-7/h1-5H,(H,13,14). The van der Waals surface area contributed by atoms with Gasteiger partial charge in [-0.3, -0.25) is 4.79 Å². The normalized spacial score (nSPS) is 9.93. The van der Waals surface area contributed by atoms with Crippen LogP contribution in [0.1, 0.15) is 10.5 Å². The Balaban J connectivity index is 2.17. The molecule has 6 heteroatoms. The summed E-state index contributed by atoms with van der Waals surface area (Å²) in [5.41, 5.74) is 2.67. The molecule has 2 aromatic heterocycles. The van der Waals surface area contributed by atoms with Crippen molar-refractivity contribution < 1.29 is 4.79 Å². The van der Waals surface area contributed by atoms with E-state index in [4.69, 9.17) is 0 Å². The Morgan fingerprint density at radius 2 is 2.33 bits per heavy atom. The van der Waals surface area contributed by atoms with E-state index in [0.717, 1.165) is 0 Å². The van der Waals surface area contributed by atoms with E-state index in [1.54, 1.807) is 29.2 Å². The number of carbonyl (C=O) groups excluding carboxylic acids is 1. The SMILES string of the molecule is O=C(Nc1cccnc1Br)c1cscn1. The second-order valence-electron chi connectivity index (χ2n) is 2.67. The number of amides is 1. The number of hydrogen-bond acceptors (Lipinski definition) is 4. The summed E-state index contributed by atoms with van der Waals surface area (Å²) in [5.74, 6) is -0.232. The summed E-state index contributed by atoms with van der Waals surface area (Å²) in [6.45, 7) is 0. The van der Waals surface area contributed by atoms with Gasteiger partial charge < -0.3 is 5.32 Å². The number of pyridine rings is 1. The van der Waals surface area contributed by atoms with Crippen LogP contribution in [0.4, 0.5) is 5.69 Å². The lowest BCUT2D eigenvalue weighted by molar-refractivity contribution is 0.102. The lowest BCUT2D eigenvalue weighted by Gasteiger charge is -2.03. The lowest BCUT2D eigenvalue weighted by atomic mass is 10.4. The van der Waals surface area contributed by atoms with Crippen LogP contribution in [0, 0.1) is 0 Å². The number of aromatic nitrogens is 2. The number of rotatable bonds is 2. The van der Waals surface area contributed by atoms with Gasteiger partial charge in [0.25, 0.3) is 5.91 Å². The van der Waals surface area contributed by atoms with Crippen molar-refractivity contribution in [1.29, 1.82) is 0 Å². The highest BCUT2D eigenvalue weighted by Gasteiger charge is 2.09. The first-order valence-electron chi connectivity index (χ1n) is 4.07. The molecule has 76 valence electrons. The quantitative estimate of drug-likeness (QED) is 0.862. The Hall–Kier alpha value is -1.27. The number of carbonyl (C=O) groups is 1. The molecule has 2 rings (SSSR count). The van der Waals surface area contributed by atoms with Crippen molar-refractivity contribution in [3.05, 3.63) is 39.5 Å². The Kier molecular flexibility index (Phi) is 3.08. The van der Waals surface area contributed by atoms with Crippen LogP contribution in [0.25, 0.3) is 0 Å². The highest BCUT2D eigenvalue weighted by Crippen LogP contribution is 2.18. The van der Waals surface area contributed by atoms with E-state index in [0.29, 0.717) is 16.0 Å². The molecule has 0 aliphatic rings. The summed E-state index contributed by atoms with van der Waals surface area (Å²) >= 11 is 4.63. The third-order valence-electron chi connectivity index (χ3n) is 1.67. The van der Waals surface area contributed by atoms with Crippen LogP contribution in [-0.2, 0) is 0 Å². The number of anilines is 1. The van der Waals surface area contributed by atoms with Gasteiger partial charge in [-0.2, -0.15) is 0 Å². The molecule has 0 radical (unpaired) electrons. The molecule has 4 nitrogen and oxygen atoms in total. The zero-order valence-corrected chi connectivity index (χ0v) is 9.88. The molecule has 2 heterocycles. The Labute approximate surface area is 98.5 Å². The molecule has 1 N–H and O–H groups in total. The summed E-state index contributed by atoms with van der Waals surface area (Å²) in [7, 11) is 0. The number of nitrogens with one attached hydrogen (secondary N) is 1. The number of halogens is 1. The van der Waals surface area contributed by atoms with Crippen LogP contribution >= 0.6 is 27.3 Å². The van der Waals surface area contributed by atoms with Crippen LogP contribution < -0.4 is 5.32 Å². The molecule has 0 saturated heterocycles. The molecular weight excluding hydrogens is 278 g/mol. The van der Waals surface area contributed by atoms with Gasteiger partial charge in [0.2, 0.25) is 0 Å². The smallest absolute Gasteiger partial charge is 0.275 e. The minimum Gasteiger partial charge on any atom is -0.318 e. The summed E-state index contributed by atoms with van der Waals surface area (Å²) in [6.07, 6.45) is 1.64. The van der Waals surface area contributed by atoms with Crippen LogP contribution in [-0.4, -0.2) is 15.9 Å². The van der Waals surface area contributed by atoms with Crippen molar-refractivity contribution in [2.24, 2.45) is 0 Å². The van der Waals surface area contributed by atoms with Gasteiger partial charge in [0.1, 0.15) is 10.3 Å². The zero-order valence-electron chi connectivity index (χ0n) is 7.48. The molecule has 0 atom stereocenters. The van der Waals surface area contributed by atoms with Crippen LogP contribution in [0.15, 0.2) is 33.8 Å². The summed E-state index contributed by atoms with van der Waals surface area (Å²) in [5, 5.41) is 4.40. The second-order valence-corrected chi connectivity index (χ2v) is 4.14. The number of nitrogens with zero attached hydrogens (tertiary/aromatic N) is 2. The van der Waals surface area contributed by atoms with E-state index >= 15 is 0 Å². The van der Waals surface area contributed by atoms with Crippen molar-refractivity contribution in [1.82, 2.24) is 9.97 Å². The van der Waals surface area contributed by atoms with Crippen molar-refractivity contribution in [2.75, 3.05) is 5.32 Å². The first kappa shape index (κ1) is 10.3. The molecule has 1 amide bonds. The summed E-state index contributed by atoms with van der Waals surface area (Å²) in [6, 6.07) is 3.52. The van der Waals surface area contributed by atoms with Crippen LogP contribution in [0.2, 0.25) is 0 Å². The summed E-state index contributed by atoms with van der Waals surface area (Å²) in [4.78, 5) is 19.5. The van der Waals surface area contributed by atoms with Crippen molar-refractivity contribution >= 4 is 38.9 Å². The van der Waals surface area contributed by atoms with E-state index in [1.165, 1.54) is 11.3 Å². The maximum Gasteiger partial charge on any atom is 0.275 e. The predicted octanol–water partition coefficient (Wildman–Crippen LogP) is 2.55. The number of hydrogen-bond donors (Lipinski definition) is 1. The molecule has 0 unspecified atom stereocenters. The molecular formula is C9H6BrN3OS. The van der Waals surface area contributed by atoms with Gasteiger partial charge >= 0.3 is 0 Å². The fraction of sp³-hybridized carbons (Fsp3) is 0. The second kappa shape index (κ2) is 4.50. The highest BCUT2D eigenvalue weighted by molar-refractivity contribution is 9.10. The molecule has 15 heavy (non-hydrogen) atoms. The fourth-order valence-electron chi connectivity index (χ4n) is 0.990. The maximum atomic E-state index is 11.6. The van der Waals surface area contributed by atoms with Crippen molar-refractivity contribution in [2.45, 2.75) is 0 Å². The van der Waals surface area contributed by atoms with Crippen molar-refractivity contribution in [3.63, 3.8) is 0 Å². The Morgan fingerprint density at radius 1 is 1.47 bits per heavy atom. The van der Waals surface area contributed by atoms with E-state index in [1.807, 2.05) is 0 Å². The first-order chi connectivity index (χ1) is 7.27. The average Bonchev–Trinajstić information content (AvgIpc) is 2.74. The van der Waals surface area contributed by atoms with Gasteiger partial charge in [-0.05, 0) is 28.1 Å². The van der Waals surface area contributed by atoms with E-state index in [9.17, 15) is 4.79 Å². The maximum absolute atomic E-state index is 11.6. The van der Waals surface area contributed by atoms with E-state index in [-0.39, 0.29) is 5.91 Å². The molecule has 0 spiro atoms. The van der Waals surface area contributed by atoms with Crippen LogP contribution in [0.5, 0.6) is 0 Å². The monoisotopic (exact) mass is 283 g/mol. The topological polar surface area (TPSA) is 54.9 Å². The molecule has 2 aromatic rings. The average molecular weight is 284 g/mol. The third-order valence-corrected chi connectivity index (χ3v) is 2.89. The van der Waals surface area contributed by atoms with Gasteiger partial charge in [0.05, 0.1) is 11.2 Å². The minimum absolute atomic E-state index is 0.232. The molecule has 0 bridgehead atoms. The van der Waals surface area contributed by atoms with Gasteiger partial charge in [0, 0.05) is 11.6 Å². The summed E-state index contributed by atoms with van der Waals surface area (Å²) < 4.78 is 0.605. The lowest BCUT2D eigenvalue weighted by Crippen LogP contribution is -2.12. The minimum atomic E-state index is -0.232. The van der Waals surface area contributed by atoms with Gasteiger partial charge in [-0.15, -0.1) is 11.3 Å². The molecule has 0 fully saturated rings. The third kappa shape index (κ3) is 2.40. The van der Waals surface area contributed by atoms with Crippen molar-refractivity contribution in [3.8, 4) is 0 Å². The highest BCUT2D eigenvalue weighted by atomic mass is 79.9. The zero-order chi connectivity index (χ0) is 10.7. The van der Waals surface area contributed by atoms with Gasteiger partial charge in [0.15, 0.2) is 0 Å². The van der Waals surface area contributed by atoms with Gasteiger partial charge in [-0.1, -0.05) is 0 Å². The van der Waals surface area contributed by atoms with E-state index < -0.39 is 0 Å². The fourth-order valence-corrected chi connectivity index (χ4v) is 1.87. The van der Waals surface area contributed by atoms with Crippen LogP contribution in [0.3, 0.4) is 0 Å². The van der Waals surface area contributed by atoms with Gasteiger partial charge in [-0.25, -0.2) is 9.97 Å². The number of thiazole rings is 1. The molecule has 0 aliphatic carbocycles. The van der Waals surface area contributed by atoms with E-state index in [2.05, 4.69) is 31.2 Å². The molecule has 0 aliphatic heterocycles. The molecule has 0 aromatic carbocycles. The Bertz CT molecular complexity index is 472. The Morgan fingerprint density at radius 3 is 3.00 bits per heavy atom. The largest absolute Gasteiger partial charge is 0.318 e.